The van der Waals surface area contributed by atoms with Crippen molar-refractivity contribution >= 4 is 22.6 Å². The van der Waals surface area contributed by atoms with E-state index in [2.05, 4.69) is 29.6 Å². The summed E-state index contributed by atoms with van der Waals surface area (Å²) in [5, 5.41) is 14.5. The van der Waals surface area contributed by atoms with Gasteiger partial charge in [-0.3, -0.25) is 9.59 Å². The van der Waals surface area contributed by atoms with Crippen LogP contribution in [0.15, 0.2) is 60.7 Å². The molecule has 3 aromatic rings. The van der Waals surface area contributed by atoms with Crippen molar-refractivity contribution in [3.63, 3.8) is 0 Å². The second-order valence-electron chi connectivity index (χ2n) is 9.09. The minimum Gasteiger partial charge on any atom is -0.490 e. The van der Waals surface area contributed by atoms with Crippen LogP contribution in [0.2, 0.25) is 0 Å². The molecule has 0 aromatic heterocycles. The van der Waals surface area contributed by atoms with E-state index in [1.54, 1.807) is 0 Å². The predicted molar refractivity (Wildman–Crippen MR) is 135 cm³/mol. The van der Waals surface area contributed by atoms with E-state index in [-0.39, 0.29) is 18.4 Å². The zero-order chi connectivity index (χ0) is 23.8. The first-order valence-corrected chi connectivity index (χ1v) is 12.4. The Hall–Kier alpha value is -3.34. The number of fused-ring (bicyclic) bond motifs is 1. The van der Waals surface area contributed by atoms with Crippen molar-refractivity contribution in [3.05, 3.63) is 77.4 Å². The molecule has 1 amide bonds. The molecular weight excluding hydrogens is 426 g/mol. The van der Waals surface area contributed by atoms with E-state index in [1.165, 1.54) is 35.6 Å². The number of nitrogens with one attached hydrogen (secondary N) is 1. The van der Waals surface area contributed by atoms with Gasteiger partial charge in [0.15, 0.2) is 0 Å². The molecule has 1 aliphatic rings. The molecule has 3 aromatic carbocycles. The van der Waals surface area contributed by atoms with Gasteiger partial charge in [-0.2, -0.15) is 0 Å². The van der Waals surface area contributed by atoms with Crippen molar-refractivity contribution in [1.29, 1.82) is 0 Å². The lowest BCUT2D eigenvalue weighted by atomic mass is 9.97. The fourth-order valence-corrected chi connectivity index (χ4v) is 4.78. The summed E-state index contributed by atoms with van der Waals surface area (Å²) in [5.41, 5.74) is 2.64. The zero-order valence-corrected chi connectivity index (χ0v) is 19.6. The smallest absolute Gasteiger partial charge is 0.303 e. The molecule has 1 saturated carbocycles. The third kappa shape index (κ3) is 6.37. The van der Waals surface area contributed by atoms with Crippen molar-refractivity contribution in [2.75, 3.05) is 6.54 Å². The molecule has 0 bridgehead atoms. The Morgan fingerprint density at radius 3 is 2.53 bits per heavy atom. The molecule has 2 N–H and O–H groups in total. The first-order valence-electron chi connectivity index (χ1n) is 12.4. The molecule has 0 heterocycles. The molecule has 1 aliphatic carbocycles. The number of carbonyl (C=O) groups excluding carboxylic acids is 1. The van der Waals surface area contributed by atoms with E-state index >= 15 is 0 Å². The van der Waals surface area contributed by atoms with Crippen LogP contribution in [0.25, 0.3) is 10.8 Å². The van der Waals surface area contributed by atoms with Gasteiger partial charge >= 0.3 is 5.97 Å². The summed E-state index contributed by atoms with van der Waals surface area (Å²) in [5.74, 6) is -0.244. The van der Waals surface area contributed by atoms with Gasteiger partial charge in [0, 0.05) is 18.5 Å². The van der Waals surface area contributed by atoms with E-state index in [0.717, 1.165) is 24.8 Å². The number of amides is 1. The molecule has 0 spiro atoms. The van der Waals surface area contributed by atoms with Crippen LogP contribution in [0.5, 0.6) is 5.75 Å². The maximum atomic E-state index is 13.2. The van der Waals surface area contributed by atoms with Gasteiger partial charge in [-0.05, 0) is 79.0 Å². The van der Waals surface area contributed by atoms with E-state index in [1.807, 2.05) is 36.4 Å². The molecule has 1 fully saturated rings. The second-order valence-corrected chi connectivity index (χ2v) is 9.09. The molecule has 4 rings (SSSR count). The summed E-state index contributed by atoms with van der Waals surface area (Å²) < 4.78 is 6.19. The summed E-state index contributed by atoms with van der Waals surface area (Å²) in [7, 11) is 0. The Morgan fingerprint density at radius 2 is 1.71 bits per heavy atom. The average molecular weight is 460 g/mol. The fraction of sp³-hybridized carbons (Fsp3) is 0.379. The van der Waals surface area contributed by atoms with Crippen molar-refractivity contribution in [1.82, 2.24) is 5.32 Å². The van der Waals surface area contributed by atoms with Crippen molar-refractivity contribution in [2.45, 2.75) is 63.9 Å². The minimum absolute atomic E-state index is 0.0858. The van der Waals surface area contributed by atoms with Gasteiger partial charge in [0.05, 0.1) is 6.10 Å². The summed E-state index contributed by atoms with van der Waals surface area (Å²) in [4.78, 5) is 24.1. The van der Waals surface area contributed by atoms with E-state index in [4.69, 9.17) is 9.84 Å². The lowest BCUT2D eigenvalue weighted by Gasteiger charge is -2.23. The third-order valence-electron chi connectivity index (χ3n) is 6.58. The largest absolute Gasteiger partial charge is 0.490 e. The van der Waals surface area contributed by atoms with Gasteiger partial charge in [0.2, 0.25) is 0 Å². The summed E-state index contributed by atoms with van der Waals surface area (Å²) >= 11 is 0. The summed E-state index contributed by atoms with van der Waals surface area (Å²) in [6.45, 7) is 0.523. The predicted octanol–water partition coefficient (Wildman–Crippen LogP) is 5.93. The van der Waals surface area contributed by atoms with Crippen LogP contribution >= 0.6 is 0 Å². The molecule has 0 saturated heterocycles. The zero-order valence-electron chi connectivity index (χ0n) is 19.6. The highest BCUT2D eigenvalue weighted by atomic mass is 16.5. The van der Waals surface area contributed by atoms with Gasteiger partial charge < -0.3 is 15.2 Å². The Morgan fingerprint density at radius 1 is 0.912 bits per heavy atom. The van der Waals surface area contributed by atoms with Gasteiger partial charge in [-0.1, -0.05) is 55.0 Å². The van der Waals surface area contributed by atoms with Crippen LogP contribution < -0.4 is 10.1 Å². The highest BCUT2D eigenvalue weighted by molar-refractivity contribution is 5.96. The number of carbonyl (C=O) groups is 2. The first-order chi connectivity index (χ1) is 16.6. The lowest BCUT2D eigenvalue weighted by Crippen LogP contribution is -2.27. The van der Waals surface area contributed by atoms with Crippen molar-refractivity contribution < 1.29 is 19.4 Å². The molecule has 0 aliphatic heterocycles. The molecule has 0 radical (unpaired) electrons. The van der Waals surface area contributed by atoms with Crippen LogP contribution in [0, 0.1) is 0 Å². The van der Waals surface area contributed by atoms with Crippen LogP contribution in [0.1, 0.15) is 66.4 Å². The number of rotatable bonds is 10. The third-order valence-corrected chi connectivity index (χ3v) is 6.58. The minimum atomic E-state index is -0.821. The van der Waals surface area contributed by atoms with Gasteiger partial charge in [-0.25, -0.2) is 0 Å². The number of hydrogen-bond donors (Lipinski definition) is 2. The highest BCUT2D eigenvalue weighted by Gasteiger charge is 2.18. The Bertz CT molecular complexity index is 1130. The van der Waals surface area contributed by atoms with E-state index < -0.39 is 5.97 Å². The second kappa shape index (κ2) is 11.7. The lowest BCUT2D eigenvalue weighted by molar-refractivity contribution is -0.137. The molecular formula is C29H33NO4. The van der Waals surface area contributed by atoms with Crippen LogP contribution in [-0.4, -0.2) is 29.6 Å². The number of aryl methyl sites for hydroxylation is 1. The highest BCUT2D eigenvalue weighted by Crippen LogP contribution is 2.26. The Kier molecular flexibility index (Phi) is 8.18. The van der Waals surface area contributed by atoms with E-state index in [9.17, 15) is 9.59 Å². The topological polar surface area (TPSA) is 75.6 Å². The average Bonchev–Trinajstić information content (AvgIpc) is 2.85. The quantitative estimate of drug-likeness (QED) is 0.394. The molecule has 34 heavy (non-hydrogen) atoms. The van der Waals surface area contributed by atoms with Crippen molar-refractivity contribution in [2.24, 2.45) is 0 Å². The van der Waals surface area contributed by atoms with Gasteiger partial charge in [0.1, 0.15) is 5.75 Å². The number of carboxylic acid groups (broad SMARTS) is 1. The van der Waals surface area contributed by atoms with Gasteiger partial charge in [-0.15, -0.1) is 0 Å². The van der Waals surface area contributed by atoms with Crippen LogP contribution in [0.4, 0.5) is 0 Å². The first kappa shape index (κ1) is 23.8. The molecule has 0 atom stereocenters. The number of benzene rings is 3. The van der Waals surface area contributed by atoms with Gasteiger partial charge in [0.25, 0.3) is 5.91 Å². The fourth-order valence-electron chi connectivity index (χ4n) is 4.78. The molecule has 5 nitrogen and oxygen atoms in total. The maximum Gasteiger partial charge on any atom is 0.303 e. The normalized spacial score (nSPS) is 14.1. The Balaban J connectivity index is 1.45. The molecule has 5 heteroatoms. The summed E-state index contributed by atoms with van der Waals surface area (Å²) in [6, 6.07) is 20.2. The summed E-state index contributed by atoms with van der Waals surface area (Å²) in [6.07, 6.45) is 7.78. The monoisotopic (exact) mass is 459 g/mol. The van der Waals surface area contributed by atoms with Crippen LogP contribution in [0.3, 0.4) is 0 Å². The SMILES string of the molecule is O=C(O)CCCc1ccc(OC2CCCCC2)cc1C(=O)NCCc1cccc2ccccc12. The number of carboxylic acids is 1. The van der Waals surface area contributed by atoms with Crippen molar-refractivity contribution in [3.8, 4) is 5.75 Å². The van der Waals surface area contributed by atoms with E-state index in [0.29, 0.717) is 30.7 Å². The molecule has 178 valence electrons. The number of aliphatic carboxylic acids is 1. The Labute approximate surface area is 201 Å². The number of ether oxygens (including phenoxy) is 1. The number of hydrogen-bond acceptors (Lipinski definition) is 3. The van der Waals surface area contributed by atoms with Crippen LogP contribution in [-0.2, 0) is 17.6 Å². The maximum absolute atomic E-state index is 13.2. The molecule has 0 unspecified atom stereocenters. The standard InChI is InChI=1S/C29H33NO4/c31-28(32)15-7-11-22-16-17-25(34-24-12-2-1-3-13-24)20-27(22)29(33)30-19-18-23-10-6-9-21-8-4-5-14-26(21)23/h4-6,8-10,14,16-17,20,24H,1-3,7,11-13,15,18-19H2,(H,30,33)(H,31,32).